The Labute approximate surface area is 86.2 Å². The molecule has 0 fully saturated rings. The van der Waals surface area contributed by atoms with Crippen molar-refractivity contribution in [1.82, 2.24) is 0 Å². The molecule has 0 radical (unpaired) electrons. The van der Waals surface area contributed by atoms with Crippen molar-refractivity contribution in [2.45, 2.75) is 12.6 Å². The maximum absolute atomic E-state index is 11.9. The van der Waals surface area contributed by atoms with Gasteiger partial charge in [0.25, 0.3) is 0 Å². The highest BCUT2D eigenvalue weighted by molar-refractivity contribution is 9.09. The Hall–Kier alpha value is -0.780. The molecule has 0 aliphatic heterocycles. The van der Waals surface area contributed by atoms with Gasteiger partial charge in [0.15, 0.2) is 5.76 Å². The second kappa shape index (κ2) is 4.16. The molecular weight excluding hydrogens is 265 g/mol. The van der Waals surface area contributed by atoms with Crippen molar-refractivity contribution in [1.29, 1.82) is 0 Å². The maximum Gasteiger partial charge on any atom is 0.458 e. The van der Waals surface area contributed by atoms with E-state index in [9.17, 15) is 18.0 Å². The van der Waals surface area contributed by atoms with Gasteiger partial charge in [-0.3, -0.25) is 4.79 Å². The number of hydrogen-bond donors (Lipinski definition) is 0. The molecule has 0 spiro atoms. The molecule has 0 aliphatic carbocycles. The topological polar surface area (TPSA) is 30.2 Å². The van der Waals surface area contributed by atoms with Crippen LogP contribution in [0.1, 0.15) is 16.3 Å². The fourth-order valence-electron chi connectivity index (χ4n) is 0.867. The van der Waals surface area contributed by atoms with Crippen LogP contribution in [0.4, 0.5) is 13.2 Å². The summed E-state index contributed by atoms with van der Waals surface area (Å²) in [6.45, 7) is 0. The van der Waals surface area contributed by atoms with Crippen LogP contribution in [0.2, 0.25) is 0 Å². The number of hydrogen-bond acceptors (Lipinski definition) is 2. The molecule has 0 amide bonds. The number of alkyl halides is 4. The van der Waals surface area contributed by atoms with Crippen molar-refractivity contribution in [3.63, 3.8) is 0 Å². The van der Waals surface area contributed by atoms with Crippen molar-refractivity contribution in [2.75, 3.05) is 5.33 Å². The van der Waals surface area contributed by atoms with Crippen molar-refractivity contribution in [2.24, 2.45) is 0 Å². The van der Waals surface area contributed by atoms with Crippen molar-refractivity contribution in [3.05, 3.63) is 23.7 Å². The van der Waals surface area contributed by atoms with Crippen LogP contribution < -0.4 is 0 Å². The van der Waals surface area contributed by atoms with E-state index in [1.54, 1.807) is 0 Å². The predicted molar refractivity (Wildman–Crippen MR) is 46.6 cm³/mol. The van der Waals surface area contributed by atoms with Gasteiger partial charge in [-0.2, -0.15) is 13.2 Å². The Balaban J connectivity index is 2.82. The van der Waals surface area contributed by atoms with Crippen LogP contribution in [0.15, 0.2) is 16.5 Å². The molecular formula is C8H6BrF3O2. The van der Waals surface area contributed by atoms with Crippen LogP contribution in [-0.4, -0.2) is 17.3 Å². The molecule has 1 rings (SSSR count). The second-order valence-electron chi connectivity index (χ2n) is 2.53. The summed E-state index contributed by atoms with van der Waals surface area (Å²) in [7, 11) is 0. The predicted octanol–water partition coefficient (Wildman–Crippen LogP) is 2.96. The Kier molecular flexibility index (Phi) is 3.36. The zero-order valence-electron chi connectivity index (χ0n) is 6.90. The minimum absolute atomic E-state index is 0.356. The van der Waals surface area contributed by atoms with Crippen molar-refractivity contribution in [3.8, 4) is 0 Å². The van der Waals surface area contributed by atoms with Crippen LogP contribution in [0, 0.1) is 0 Å². The van der Waals surface area contributed by atoms with E-state index < -0.39 is 17.7 Å². The van der Waals surface area contributed by atoms with Gasteiger partial charge in [0.1, 0.15) is 5.76 Å². The number of Topliss-reactive ketones (excluding diaryl/α,β-unsaturated/α-hetero) is 1. The first-order valence-corrected chi connectivity index (χ1v) is 4.83. The molecule has 14 heavy (non-hydrogen) atoms. The van der Waals surface area contributed by atoms with Crippen LogP contribution in [-0.2, 0) is 6.42 Å². The normalized spacial score (nSPS) is 11.7. The fraction of sp³-hybridized carbons (Fsp3) is 0.375. The first-order valence-electron chi connectivity index (χ1n) is 3.71. The average Bonchev–Trinajstić information content (AvgIpc) is 2.50. The lowest BCUT2D eigenvalue weighted by Gasteiger charge is -2.00. The SMILES string of the molecule is O=C(c1ccc(CCBr)o1)C(F)(F)F. The number of halogens is 4. The van der Waals surface area contributed by atoms with Crippen LogP contribution >= 0.6 is 15.9 Å². The van der Waals surface area contributed by atoms with Crippen molar-refractivity contribution >= 4 is 21.7 Å². The van der Waals surface area contributed by atoms with Crippen LogP contribution in [0.3, 0.4) is 0 Å². The third-order valence-electron chi connectivity index (χ3n) is 1.48. The summed E-state index contributed by atoms with van der Waals surface area (Å²) in [5.41, 5.74) is 0. The lowest BCUT2D eigenvalue weighted by molar-refractivity contribution is -0.0899. The van der Waals surface area contributed by atoms with Gasteiger partial charge in [-0.1, -0.05) is 15.9 Å². The molecule has 0 unspecified atom stereocenters. The Morgan fingerprint density at radius 3 is 2.57 bits per heavy atom. The lowest BCUT2D eigenvalue weighted by Crippen LogP contribution is -2.22. The Morgan fingerprint density at radius 2 is 2.07 bits per heavy atom. The zero-order chi connectivity index (χ0) is 10.8. The van der Waals surface area contributed by atoms with Gasteiger partial charge < -0.3 is 4.42 Å². The summed E-state index contributed by atoms with van der Waals surface area (Å²) < 4.78 is 40.4. The van der Waals surface area contributed by atoms with E-state index in [1.165, 1.54) is 6.07 Å². The summed E-state index contributed by atoms with van der Waals surface area (Å²) in [5.74, 6) is -2.25. The third-order valence-corrected chi connectivity index (χ3v) is 1.88. The number of aryl methyl sites for hydroxylation is 1. The maximum atomic E-state index is 11.9. The van der Waals surface area contributed by atoms with E-state index in [4.69, 9.17) is 4.42 Å². The number of ketones is 1. The minimum Gasteiger partial charge on any atom is -0.458 e. The quantitative estimate of drug-likeness (QED) is 0.625. The molecule has 0 saturated heterocycles. The highest BCUT2D eigenvalue weighted by Gasteiger charge is 2.41. The molecule has 0 saturated carbocycles. The molecule has 1 heterocycles. The van der Waals surface area contributed by atoms with E-state index >= 15 is 0 Å². The van der Waals surface area contributed by atoms with Crippen LogP contribution in [0.25, 0.3) is 0 Å². The fourth-order valence-corrected chi connectivity index (χ4v) is 1.26. The number of rotatable bonds is 3. The lowest BCUT2D eigenvalue weighted by atomic mass is 10.3. The van der Waals surface area contributed by atoms with Gasteiger partial charge in [0.05, 0.1) is 0 Å². The summed E-state index contributed by atoms with van der Waals surface area (Å²) in [6, 6.07) is 2.40. The van der Waals surface area contributed by atoms with E-state index in [0.29, 0.717) is 17.5 Å². The smallest absolute Gasteiger partial charge is 0.458 e. The molecule has 1 aromatic rings. The van der Waals surface area contributed by atoms with Crippen molar-refractivity contribution < 1.29 is 22.4 Å². The largest absolute Gasteiger partial charge is 0.458 e. The molecule has 1 aromatic heterocycles. The third kappa shape index (κ3) is 2.60. The summed E-state index contributed by atoms with van der Waals surface area (Å²) in [4.78, 5) is 10.7. The first-order chi connectivity index (χ1) is 6.45. The summed E-state index contributed by atoms with van der Waals surface area (Å²) in [5, 5.41) is 0.570. The standard InChI is InChI=1S/C8H6BrF3O2/c9-4-3-5-1-2-6(14-5)7(13)8(10,11)12/h1-2H,3-4H2. The van der Waals surface area contributed by atoms with Gasteiger partial charge >= 0.3 is 12.0 Å². The Morgan fingerprint density at radius 1 is 1.43 bits per heavy atom. The molecule has 6 heteroatoms. The van der Waals surface area contributed by atoms with E-state index in [1.807, 2.05) is 0 Å². The molecule has 0 aliphatic rings. The first kappa shape index (κ1) is 11.3. The molecule has 78 valence electrons. The van der Waals surface area contributed by atoms with Gasteiger partial charge in [-0.25, -0.2) is 0 Å². The molecule has 0 bridgehead atoms. The average molecular weight is 271 g/mol. The Bertz CT molecular complexity index is 330. The molecule has 0 aromatic carbocycles. The number of carbonyl (C=O) groups excluding carboxylic acids is 1. The zero-order valence-corrected chi connectivity index (χ0v) is 8.48. The van der Waals surface area contributed by atoms with E-state index in [-0.39, 0.29) is 0 Å². The minimum atomic E-state index is -4.87. The number of furan rings is 1. The molecule has 0 atom stereocenters. The van der Waals surface area contributed by atoms with E-state index in [0.717, 1.165) is 6.07 Å². The highest BCUT2D eigenvalue weighted by Crippen LogP contribution is 2.22. The monoisotopic (exact) mass is 270 g/mol. The van der Waals surface area contributed by atoms with Crippen LogP contribution in [0.5, 0.6) is 0 Å². The van der Waals surface area contributed by atoms with Gasteiger partial charge in [0, 0.05) is 11.8 Å². The summed E-state index contributed by atoms with van der Waals surface area (Å²) >= 11 is 3.10. The summed E-state index contributed by atoms with van der Waals surface area (Å²) in [6.07, 6.45) is -4.42. The van der Waals surface area contributed by atoms with Gasteiger partial charge in [-0.05, 0) is 12.1 Å². The highest BCUT2D eigenvalue weighted by atomic mass is 79.9. The second-order valence-corrected chi connectivity index (χ2v) is 3.32. The van der Waals surface area contributed by atoms with E-state index in [2.05, 4.69) is 15.9 Å². The van der Waals surface area contributed by atoms with Gasteiger partial charge in [-0.15, -0.1) is 0 Å². The number of carbonyl (C=O) groups is 1. The molecule has 0 N–H and O–H groups in total. The molecule has 2 nitrogen and oxygen atoms in total. The van der Waals surface area contributed by atoms with Gasteiger partial charge in [0.2, 0.25) is 0 Å².